The van der Waals surface area contributed by atoms with Gasteiger partial charge in [-0.05, 0) is 52.0 Å². The number of nitrogens with zero attached hydrogens (tertiary/aromatic N) is 1. The number of nitrogens with two attached hydrogens (primary N) is 1. The van der Waals surface area contributed by atoms with E-state index < -0.39 is 0 Å². The standard InChI is InChI=1S/C15H26N4O/c1-11(2)19(12(3)4)10-9-17-15(20)13-5-7-14(18-16)8-6-13/h5-8,11-12,18H,9-10,16H2,1-4H3,(H,17,20). The van der Waals surface area contributed by atoms with Gasteiger partial charge in [0.05, 0.1) is 0 Å². The summed E-state index contributed by atoms with van der Waals surface area (Å²) >= 11 is 0. The van der Waals surface area contributed by atoms with Crippen LogP contribution in [0.2, 0.25) is 0 Å². The fourth-order valence-corrected chi connectivity index (χ4v) is 2.23. The highest BCUT2D eigenvalue weighted by Gasteiger charge is 2.13. The lowest BCUT2D eigenvalue weighted by atomic mass is 10.2. The van der Waals surface area contributed by atoms with Crippen LogP contribution in [-0.4, -0.2) is 36.0 Å². The van der Waals surface area contributed by atoms with Crippen LogP contribution in [0.4, 0.5) is 5.69 Å². The number of amides is 1. The minimum atomic E-state index is -0.0546. The smallest absolute Gasteiger partial charge is 0.251 e. The minimum absolute atomic E-state index is 0.0546. The molecule has 112 valence electrons. The molecule has 0 spiro atoms. The van der Waals surface area contributed by atoms with Gasteiger partial charge in [-0.1, -0.05) is 0 Å². The molecular formula is C15H26N4O. The topological polar surface area (TPSA) is 70.4 Å². The largest absolute Gasteiger partial charge is 0.351 e. The van der Waals surface area contributed by atoms with E-state index in [4.69, 9.17) is 5.84 Å². The van der Waals surface area contributed by atoms with Crippen molar-refractivity contribution in [1.82, 2.24) is 10.2 Å². The lowest BCUT2D eigenvalue weighted by molar-refractivity contribution is 0.0939. The number of carbonyl (C=O) groups is 1. The zero-order chi connectivity index (χ0) is 15.1. The zero-order valence-electron chi connectivity index (χ0n) is 12.8. The molecule has 0 aliphatic carbocycles. The van der Waals surface area contributed by atoms with Crippen LogP contribution in [0.25, 0.3) is 0 Å². The van der Waals surface area contributed by atoms with Crippen LogP contribution in [0, 0.1) is 0 Å². The quantitative estimate of drug-likeness (QED) is 0.525. The highest BCUT2D eigenvalue weighted by molar-refractivity contribution is 5.94. The van der Waals surface area contributed by atoms with Crippen LogP contribution < -0.4 is 16.6 Å². The Balaban J connectivity index is 2.46. The molecule has 20 heavy (non-hydrogen) atoms. The molecule has 0 atom stereocenters. The van der Waals surface area contributed by atoms with Crippen molar-refractivity contribution in [3.63, 3.8) is 0 Å². The van der Waals surface area contributed by atoms with E-state index in [-0.39, 0.29) is 5.91 Å². The average molecular weight is 278 g/mol. The average Bonchev–Trinajstić information content (AvgIpc) is 2.42. The third-order valence-corrected chi connectivity index (χ3v) is 3.30. The Bertz CT molecular complexity index is 406. The van der Waals surface area contributed by atoms with Crippen LogP contribution in [0.5, 0.6) is 0 Å². The molecule has 0 fully saturated rings. The van der Waals surface area contributed by atoms with Gasteiger partial charge in [-0.2, -0.15) is 0 Å². The molecular weight excluding hydrogens is 252 g/mol. The van der Waals surface area contributed by atoms with Crippen LogP contribution in [0.3, 0.4) is 0 Å². The van der Waals surface area contributed by atoms with Gasteiger partial charge in [0.25, 0.3) is 5.91 Å². The molecule has 5 nitrogen and oxygen atoms in total. The number of benzene rings is 1. The normalized spacial score (nSPS) is 11.2. The maximum Gasteiger partial charge on any atom is 0.251 e. The summed E-state index contributed by atoms with van der Waals surface area (Å²) in [5, 5.41) is 2.94. The fraction of sp³-hybridized carbons (Fsp3) is 0.533. The molecule has 1 amide bonds. The molecule has 0 aromatic heterocycles. The van der Waals surface area contributed by atoms with Crippen molar-refractivity contribution in [2.75, 3.05) is 18.5 Å². The highest BCUT2D eigenvalue weighted by Crippen LogP contribution is 2.08. The van der Waals surface area contributed by atoms with Gasteiger partial charge < -0.3 is 10.7 Å². The summed E-state index contributed by atoms with van der Waals surface area (Å²) in [5.41, 5.74) is 3.97. The van der Waals surface area contributed by atoms with E-state index in [9.17, 15) is 4.79 Å². The van der Waals surface area contributed by atoms with E-state index in [2.05, 4.69) is 43.3 Å². The first-order valence-electron chi connectivity index (χ1n) is 7.06. The van der Waals surface area contributed by atoms with Gasteiger partial charge in [-0.25, -0.2) is 0 Å². The van der Waals surface area contributed by atoms with Crippen molar-refractivity contribution in [2.24, 2.45) is 5.84 Å². The molecule has 0 bridgehead atoms. The molecule has 0 radical (unpaired) electrons. The predicted molar refractivity (Wildman–Crippen MR) is 83.6 cm³/mol. The minimum Gasteiger partial charge on any atom is -0.351 e. The van der Waals surface area contributed by atoms with Gasteiger partial charge in [0.15, 0.2) is 0 Å². The molecule has 1 aromatic rings. The number of hydrazine groups is 1. The van der Waals surface area contributed by atoms with Crippen molar-refractivity contribution in [1.29, 1.82) is 0 Å². The van der Waals surface area contributed by atoms with Gasteiger partial charge in [0.2, 0.25) is 0 Å². The zero-order valence-corrected chi connectivity index (χ0v) is 12.8. The first-order chi connectivity index (χ1) is 9.45. The van der Waals surface area contributed by atoms with Gasteiger partial charge in [0, 0.05) is 36.4 Å². The second kappa shape index (κ2) is 7.87. The number of carbonyl (C=O) groups excluding carboxylic acids is 1. The Hall–Kier alpha value is -1.59. The molecule has 0 saturated heterocycles. The van der Waals surface area contributed by atoms with E-state index in [1.165, 1.54) is 0 Å². The summed E-state index contributed by atoms with van der Waals surface area (Å²) in [4.78, 5) is 14.3. The first kappa shape index (κ1) is 16.5. The molecule has 1 aromatic carbocycles. The van der Waals surface area contributed by atoms with Gasteiger partial charge in [-0.15, -0.1) is 0 Å². The summed E-state index contributed by atoms with van der Waals surface area (Å²) in [6.45, 7) is 10.2. The maximum atomic E-state index is 12.0. The van der Waals surface area contributed by atoms with Crippen molar-refractivity contribution in [2.45, 2.75) is 39.8 Å². The lowest BCUT2D eigenvalue weighted by Gasteiger charge is -2.30. The van der Waals surface area contributed by atoms with Crippen molar-refractivity contribution in [3.05, 3.63) is 29.8 Å². The van der Waals surface area contributed by atoms with Gasteiger partial charge in [0.1, 0.15) is 0 Å². The third kappa shape index (κ3) is 4.83. The van der Waals surface area contributed by atoms with E-state index in [1.54, 1.807) is 24.3 Å². The van der Waals surface area contributed by atoms with E-state index in [0.29, 0.717) is 24.2 Å². The van der Waals surface area contributed by atoms with E-state index in [0.717, 1.165) is 12.2 Å². The number of hydrogen-bond donors (Lipinski definition) is 3. The van der Waals surface area contributed by atoms with E-state index in [1.807, 2.05) is 0 Å². The summed E-state index contributed by atoms with van der Waals surface area (Å²) in [5.74, 6) is 5.24. The van der Waals surface area contributed by atoms with Gasteiger partial charge in [-0.3, -0.25) is 15.5 Å². The first-order valence-corrected chi connectivity index (χ1v) is 7.06. The van der Waals surface area contributed by atoms with Gasteiger partial charge >= 0.3 is 0 Å². The number of anilines is 1. The second-order valence-electron chi connectivity index (χ2n) is 5.40. The summed E-state index contributed by atoms with van der Waals surface area (Å²) in [7, 11) is 0. The van der Waals surface area contributed by atoms with E-state index >= 15 is 0 Å². The number of hydrogen-bond acceptors (Lipinski definition) is 4. The molecule has 0 aliphatic heterocycles. The molecule has 0 aliphatic rings. The summed E-state index contributed by atoms with van der Waals surface area (Å²) < 4.78 is 0. The number of nitrogen functional groups attached to an aromatic ring is 1. The van der Waals surface area contributed by atoms with Crippen LogP contribution in [0.15, 0.2) is 24.3 Å². The number of rotatable bonds is 7. The molecule has 5 heteroatoms. The summed E-state index contributed by atoms with van der Waals surface area (Å²) in [6.07, 6.45) is 0. The maximum absolute atomic E-state index is 12.0. The predicted octanol–water partition coefficient (Wildman–Crippen LogP) is 1.82. The molecule has 1 rings (SSSR count). The van der Waals surface area contributed by atoms with Crippen LogP contribution >= 0.6 is 0 Å². The molecule has 4 N–H and O–H groups in total. The highest BCUT2D eigenvalue weighted by atomic mass is 16.1. The molecule has 0 saturated carbocycles. The lowest BCUT2D eigenvalue weighted by Crippen LogP contribution is -2.42. The Morgan fingerprint density at radius 1 is 1.15 bits per heavy atom. The second-order valence-corrected chi connectivity index (χ2v) is 5.40. The summed E-state index contributed by atoms with van der Waals surface area (Å²) in [6, 6.07) is 8.02. The van der Waals surface area contributed by atoms with Crippen molar-refractivity contribution in [3.8, 4) is 0 Å². The fourth-order valence-electron chi connectivity index (χ4n) is 2.23. The Morgan fingerprint density at radius 3 is 2.15 bits per heavy atom. The van der Waals surface area contributed by atoms with Crippen molar-refractivity contribution >= 4 is 11.6 Å². The monoisotopic (exact) mass is 278 g/mol. The van der Waals surface area contributed by atoms with Crippen molar-refractivity contribution < 1.29 is 4.79 Å². The molecule has 0 heterocycles. The van der Waals surface area contributed by atoms with Crippen LogP contribution in [0.1, 0.15) is 38.1 Å². The Morgan fingerprint density at radius 2 is 1.70 bits per heavy atom. The third-order valence-electron chi connectivity index (χ3n) is 3.30. The number of nitrogens with one attached hydrogen (secondary N) is 2. The van der Waals surface area contributed by atoms with Crippen LogP contribution in [-0.2, 0) is 0 Å². The molecule has 0 unspecified atom stereocenters. The Kier molecular flexibility index (Phi) is 6.48. The SMILES string of the molecule is CC(C)N(CCNC(=O)c1ccc(NN)cc1)C(C)C. The Labute approximate surface area is 121 Å².